The summed E-state index contributed by atoms with van der Waals surface area (Å²) in [4.78, 5) is 7.20. The fourth-order valence-electron chi connectivity index (χ4n) is 3.74. The smallest absolute Gasteiger partial charge is 0.130 e. The van der Waals surface area contributed by atoms with E-state index in [1.807, 2.05) is 30.3 Å². The highest BCUT2D eigenvalue weighted by Crippen LogP contribution is 2.40. The van der Waals surface area contributed by atoms with Crippen LogP contribution in [0.5, 0.6) is 0 Å². The maximum atomic E-state index is 7.82. The van der Waals surface area contributed by atoms with Crippen LogP contribution in [0.2, 0.25) is 0 Å². The van der Waals surface area contributed by atoms with Crippen LogP contribution in [0.25, 0.3) is 10.9 Å². The van der Waals surface area contributed by atoms with Gasteiger partial charge in [-0.3, -0.25) is 5.41 Å². The molecule has 2 heterocycles. The highest BCUT2D eigenvalue weighted by Gasteiger charge is 2.38. The van der Waals surface area contributed by atoms with Crippen molar-refractivity contribution >= 4 is 22.6 Å². The van der Waals surface area contributed by atoms with Gasteiger partial charge in [-0.25, -0.2) is 4.98 Å². The van der Waals surface area contributed by atoms with E-state index in [9.17, 15) is 0 Å². The minimum Gasteiger partial charge on any atom is -0.384 e. The number of pyridine rings is 1. The van der Waals surface area contributed by atoms with E-state index in [2.05, 4.69) is 4.90 Å². The second kappa shape index (κ2) is 4.20. The van der Waals surface area contributed by atoms with E-state index < -0.39 is 0 Å². The number of nitrogens with one attached hydrogen (secondary N) is 1. The topological polar surface area (TPSA) is 66.0 Å². The summed E-state index contributed by atoms with van der Waals surface area (Å²) in [5.74, 6) is 1.93. The Morgan fingerprint density at radius 1 is 1.30 bits per heavy atom. The van der Waals surface area contributed by atoms with Crippen LogP contribution in [0.15, 0.2) is 30.3 Å². The van der Waals surface area contributed by atoms with Gasteiger partial charge < -0.3 is 10.6 Å². The van der Waals surface area contributed by atoms with Gasteiger partial charge in [0.1, 0.15) is 11.7 Å². The van der Waals surface area contributed by atoms with Crippen LogP contribution in [0.3, 0.4) is 0 Å². The zero-order chi connectivity index (χ0) is 13.7. The maximum Gasteiger partial charge on any atom is 0.130 e. The van der Waals surface area contributed by atoms with Gasteiger partial charge in [-0.1, -0.05) is 18.2 Å². The molecule has 4 rings (SSSR count). The third-order valence-corrected chi connectivity index (χ3v) is 4.70. The first-order valence-electron chi connectivity index (χ1n) is 7.23. The van der Waals surface area contributed by atoms with Gasteiger partial charge in [-0.05, 0) is 37.3 Å². The summed E-state index contributed by atoms with van der Waals surface area (Å²) < 4.78 is 0. The molecule has 4 nitrogen and oxygen atoms in total. The second-order valence-corrected chi connectivity index (χ2v) is 5.94. The molecular weight excluding hydrogens is 248 g/mol. The summed E-state index contributed by atoms with van der Waals surface area (Å²) in [6, 6.07) is 10.6. The van der Waals surface area contributed by atoms with E-state index >= 15 is 0 Å². The number of para-hydroxylation sites is 1. The van der Waals surface area contributed by atoms with E-state index in [1.165, 1.54) is 19.3 Å². The van der Waals surface area contributed by atoms with Gasteiger partial charge in [0.15, 0.2) is 0 Å². The molecule has 1 aromatic heterocycles. The molecule has 1 aliphatic carbocycles. The van der Waals surface area contributed by atoms with Gasteiger partial charge in [-0.15, -0.1) is 0 Å². The zero-order valence-corrected chi connectivity index (χ0v) is 11.3. The fourth-order valence-corrected chi connectivity index (χ4v) is 3.74. The van der Waals surface area contributed by atoms with Crippen molar-refractivity contribution in [3.8, 4) is 0 Å². The molecular formula is C16H18N4. The Labute approximate surface area is 118 Å². The number of anilines is 1. The minimum absolute atomic E-state index is 0.120. The molecule has 4 heteroatoms. The Kier molecular flexibility index (Phi) is 2.46. The van der Waals surface area contributed by atoms with Crippen molar-refractivity contribution in [3.63, 3.8) is 0 Å². The Hall–Kier alpha value is -2.10. The number of aromatic nitrogens is 1. The van der Waals surface area contributed by atoms with E-state index in [-0.39, 0.29) is 5.84 Å². The number of amidine groups is 1. The molecule has 2 aliphatic rings. The summed E-state index contributed by atoms with van der Waals surface area (Å²) >= 11 is 0. The number of nitrogen functional groups attached to an aromatic ring is 1. The molecule has 2 unspecified atom stereocenters. The number of rotatable bonds is 2. The lowest BCUT2D eigenvalue weighted by Crippen LogP contribution is -2.32. The van der Waals surface area contributed by atoms with Gasteiger partial charge in [0.05, 0.1) is 5.52 Å². The van der Waals surface area contributed by atoms with Crippen LogP contribution in [-0.2, 0) is 0 Å². The van der Waals surface area contributed by atoms with E-state index in [4.69, 9.17) is 16.1 Å². The normalized spacial score (nSPS) is 24.5. The average Bonchev–Trinajstić information content (AvgIpc) is 3.08. The first-order valence-corrected chi connectivity index (χ1v) is 7.23. The lowest BCUT2D eigenvalue weighted by molar-refractivity contribution is 0.551. The number of nitrogens with zero attached hydrogens (tertiary/aromatic N) is 2. The summed E-state index contributed by atoms with van der Waals surface area (Å²) in [5, 5.41) is 8.79. The fraction of sp³-hybridized carbons (Fsp3) is 0.375. The van der Waals surface area contributed by atoms with Gasteiger partial charge in [0.25, 0.3) is 0 Å². The van der Waals surface area contributed by atoms with Gasteiger partial charge in [0, 0.05) is 23.5 Å². The van der Waals surface area contributed by atoms with Crippen LogP contribution in [0, 0.1) is 11.3 Å². The SMILES string of the molecule is N=C(N)c1cc(N2CC3CCC2C3)nc2ccccc12. The van der Waals surface area contributed by atoms with Gasteiger partial charge in [-0.2, -0.15) is 0 Å². The monoisotopic (exact) mass is 266 g/mol. The van der Waals surface area contributed by atoms with Crippen molar-refractivity contribution < 1.29 is 0 Å². The number of piperidine rings is 1. The van der Waals surface area contributed by atoms with Crippen molar-refractivity contribution in [2.75, 3.05) is 11.4 Å². The number of benzene rings is 1. The minimum atomic E-state index is 0.120. The maximum absolute atomic E-state index is 7.82. The van der Waals surface area contributed by atoms with E-state index in [0.29, 0.717) is 6.04 Å². The lowest BCUT2D eigenvalue weighted by Gasteiger charge is -2.28. The molecule has 2 atom stereocenters. The molecule has 0 spiro atoms. The van der Waals surface area contributed by atoms with Crippen molar-refractivity contribution in [1.29, 1.82) is 5.41 Å². The Morgan fingerprint density at radius 3 is 2.85 bits per heavy atom. The number of nitrogens with two attached hydrogens (primary N) is 1. The van der Waals surface area contributed by atoms with Crippen molar-refractivity contribution in [3.05, 3.63) is 35.9 Å². The third-order valence-electron chi connectivity index (χ3n) is 4.70. The van der Waals surface area contributed by atoms with Crippen LogP contribution in [0.4, 0.5) is 5.82 Å². The highest BCUT2D eigenvalue weighted by atomic mass is 15.2. The molecule has 1 aromatic carbocycles. The number of fused-ring (bicyclic) bond motifs is 3. The predicted octanol–water partition coefficient (Wildman–Crippen LogP) is 2.51. The first kappa shape index (κ1) is 11.7. The molecule has 2 bridgehead atoms. The first-order chi connectivity index (χ1) is 9.72. The van der Waals surface area contributed by atoms with Crippen LogP contribution < -0.4 is 10.6 Å². The Morgan fingerprint density at radius 2 is 2.15 bits per heavy atom. The van der Waals surface area contributed by atoms with E-state index in [0.717, 1.165) is 34.7 Å². The summed E-state index contributed by atoms with van der Waals surface area (Å²) in [7, 11) is 0. The highest BCUT2D eigenvalue weighted by molar-refractivity contribution is 6.07. The van der Waals surface area contributed by atoms with Gasteiger partial charge >= 0.3 is 0 Å². The van der Waals surface area contributed by atoms with Crippen molar-refractivity contribution in [2.45, 2.75) is 25.3 Å². The molecule has 0 amide bonds. The summed E-state index contributed by atoms with van der Waals surface area (Å²) in [6.45, 7) is 1.10. The van der Waals surface area contributed by atoms with E-state index in [1.54, 1.807) is 0 Å². The van der Waals surface area contributed by atoms with Crippen LogP contribution in [0.1, 0.15) is 24.8 Å². The largest absolute Gasteiger partial charge is 0.384 e. The molecule has 0 radical (unpaired) electrons. The molecule has 1 saturated heterocycles. The molecule has 2 fully saturated rings. The molecule has 1 aliphatic heterocycles. The Bertz CT molecular complexity index is 694. The van der Waals surface area contributed by atoms with Gasteiger partial charge in [0.2, 0.25) is 0 Å². The zero-order valence-electron chi connectivity index (χ0n) is 11.3. The number of hydrogen-bond donors (Lipinski definition) is 2. The van der Waals surface area contributed by atoms with Crippen LogP contribution >= 0.6 is 0 Å². The molecule has 20 heavy (non-hydrogen) atoms. The molecule has 1 saturated carbocycles. The second-order valence-electron chi connectivity index (χ2n) is 5.94. The quantitative estimate of drug-likeness (QED) is 0.648. The third kappa shape index (κ3) is 1.68. The van der Waals surface area contributed by atoms with Crippen LogP contribution in [-0.4, -0.2) is 23.4 Å². The Balaban J connectivity index is 1.86. The number of hydrogen-bond acceptors (Lipinski definition) is 3. The van der Waals surface area contributed by atoms with Crippen molar-refractivity contribution in [2.24, 2.45) is 11.7 Å². The van der Waals surface area contributed by atoms with Crippen molar-refractivity contribution in [1.82, 2.24) is 4.98 Å². The molecule has 3 N–H and O–H groups in total. The molecule has 102 valence electrons. The predicted molar refractivity (Wildman–Crippen MR) is 81.2 cm³/mol. The lowest BCUT2D eigenvalue weighted by atomic mass is 10.1. The summed E-state index contributed by atoms with van der Waals surface area (Å²) in [6.07, 6.45) is 3.92. The summed E-state index contributed by atoms with van der Waals surface area (Å²) in [5.41, 5.74) is 7.49. The standard InChI is InChI=1S/C16H18N4/c17-16(18)13-8-15(19-14-4-2-1-3-12(13)14)20-9-10-5-6-11(20)7-10/h1-4,8,10-11H,5-7,9H2,(H3,17,18). The molecule has 2 aromatic rings. The average molecular weight is 266 g/mol.